The molecule has 1 unspecified atom stereocenters. The number of methoxy groups -OCH3 is 1. The molecular weight excluding hydrogens is 256 g/mol. The van der Waals surface area contributed by atoms with Crippen molar-refractivity contribution in [2.24, 2.45) is 5.73 Å². The zero-order valence-electron chi connectivity index (χ0n) is 12.6. The summed E-state index contributed by atoms with van der Waals surface area (Å²) in [7, 11) is 1.63. The molecule has 0 radical (unpaired) electrons. The van der Waals surface area contributed by atoms with Gasteiger partial charge in [0, 0.05) is 12.6 Å². The number of hydrogen-bond acceptors (Lipinski definition) is 4. The number of benzene rings is 1. The number of carbonyl (C=O) groups is 1. The zero-order chi connectivity index (χ0) is 15.2. The van der Waals surface area contributed by atoms with Gasteiger partial charge in [-0.2, -0.15) is 0 Å². The molecule has 0 aromatic heterocycles. The summed E-state index contributed by atoms with van der Waals surface area (Å²) < 4.78 is 10.3. The van der Waals surface area contributed by atoms with E-state index in [9.17, 15) is 4.79 Å². The first-order chi connectivity index (χ1) is 9.30. The highest BCUT2D eigenvalue weighted by molar-refractivity contribution is 5.67. The van der Waals surface area contributed by atoms with Crippen molar-refractivity contribution in [2.75, 3.05) is 13.7 Å². The van der Waals surface area contributed by atoms with E-state index in [0.717, 1.165) is 11.3 Å². The Bertz CT molecular complexity index is 441. The second-order valence-electron chi connectivity index (χ2n) is 5.70. The SMILES string of the molecule is COc1cccc(CC(N)CNC(=O)OC(C)(C)C)c1. The molecule has 1 rings (SSSR count). The van der Waals surface area contributed by atoms with Crippen LogP contribution in [0.3, 0.4) is 0 Å². The average molecular weight is 280 g/mol. The lowest BCUT2D eigenvalue weighted by molar-refractivity contribution is 0.0524. The lowest BCUT2D eigenvalue weighted by Crippen LogP contribution is -2.41. The smallest absolute Gasteiger partial charge is 0.407 e. The summed E-state index contributed by atoms with van der Waals surface area (Å²) in [6.07, 6.45) is 0.214. The number of nitrogens with one attached hydrogen (secondary N) is 1. The molecule has 3 N–H and O–H groups in total. The maximum Gasteiger partial charge on any atom is 0.407 e. The van der Waals surface area contributed by atoms with Crippen molar-refractivity contribution in [3.63, 3.8) is 0 Å². The Kier molecular flexibility index (Phi) is 5.82. The summed E-state index contributed by atoms with van der Waals surface area (Å²) in [5.74, 6) is 0.801. The summed E-state index contributed by atoms with van der Waals surface area (Å²) in [5.41, 5.74) is 6.57. The summed E-state index contributed by atoms with van der Waals surface area (Å²) in [6, 6.07) is 7.55. The summed E-state index contributed by atoms with van der Waals surface area (Å²) in [6.45, 7) is 5.83. The van der Waals surface area contributed by atoms with E-state index in [4.69, 9.17) is 15.2 Å². The van der Waals surface area contributed by atoms with Crippen molar-refractivity contribution in [3.05, 3.63) is 29.8 Å². The van der Waals surface area contributed by atoms with Gasteiger partial charge in [0.1, 0.15) is 11.4 Å². The Labute approximate surface area is 120 Å². The predicted molar refractivity (Wildman–Crippen MR) is 78.9 cm³/mol. The highest BCUT2D eigenvalue weighted by atomic mass is 16.6. The molecule has 0 heterocycles. The quantitative estimate of drug-likeness (QED) is 0.866. The minimum absolute atomic E-state index is 0.172. The number of hydrogen-bond donors (Lipinski definition) is 2. The van der Waals surface area contributed by atoms with Crippen molar-refractivity contribution >= 4 is 6.09 Å². The van der Waals surface area contributed by atoms with E-state index >= 15 is 0 Å². The van der Waals surface area contributed by atoms with Gasteiger partial charge in [-0.15, -0.1) is 0 Å². The molecule has 0 aliphatic carbocycles. The van der Waals surface area contributed by atoms with E-state index in [2.05, 4.69) is 5.32 Å². The molecule has 1 atom stereocenters. The fourth-order valence-electron chi connectivity index (χ4n) is 1.70. The van der Waals surface area contributed by atoms with Gasteiger partial charge in [0.05, 0.1) is 7.11 Å². The molecule has 0 spiro atoms. The van der Waals surface area contributed by atoms with Crippen LogP contribution in [0.2, 0.25) is 0 Å². The van der Waals surface area contributed by atoms with E-state index < -0.39 is 11.7 Å². The van der Waals surface area contributed by atoms with Crippen LogP contribution in [0, 0.1) is 0 Å². The van der Waals surface area contributed by atoms with Crippen LogP contribution in [-0.2, 0) is 11.2 Å². The topological polar surface area (TPSA) is 73.6 Å². The third-order valence-corrected chi connectivity index (χ3v) is 2.54. The Balaban J connectivity index is 2.40. The van der Waals surface area contributed by atoms with Gasteiger partial charge >= 0.3 is 6.09 Å². The minimum atomic E-state index is -0.499. The molecule has 0 saturated carbocycles. The number of amides is 1. The third kappa shape index (κ3) is 6.43. The lowest BCUT2D eigenvalue weighted by atomic mass is 10.1. The van der Waals surface area contributed by atoms with E-state index in [-0.39, 0.29) is 6.04 Å². The molecular formula is C15H24N2O3. The summed E-state index contributed by atoms with van der Waals surface area (Å²) in [4.78, 5) is 11.5. The second-order valence-corrected chi connectivity index (χ2v) is 5.70. The van der Waals surface area contributed by atoms with Crippen LogP contribution in [0.1, 0.15) is 26.3 Å². The highest BCUT2D eigenvalue weighted by Crippen LogP contribution is 2.13. The van der Waals surface area contributed by atoms with Crippen molar-refractivity contribution in [1.82, 2.24) is 5.32 Å². The largest absolute Gasteiger partial charge is 0.497 e. The van der Waals surface area contributed by atoms with Crippen LogP contribution in [0.25, 0.3) is 0 Å². The molecule has 0 bridgehead atoms. The van der Waals surface area contributed by atoms with E-state index in [1.54, 1.807) is 7.11 Å². The van der Waals surface area contributed by atoms with E-state index in [1.165, 1.54) is 0 Å². The minimum Gasteiger partial charge on any atom is -0.497 e. The number of carbonyl (C=O) groups excluding carboxylic acids is 1. The van der Waals surface area contributed by atoms with Gasteiger partial charge in [0.15, 0.2) is 0 Å². The van der Waals surface area contributed by atoms with Crippen molar-refractivity contribution in [1.29, 1.82) is 0 Å². The van der Waals surface area contributed by atoms with Gasteiger partial charge in [0.25, 0.3) is 0 Å². The fraction of sp³-hybridized carbons (Fsp3) is 0.533. The number of rotatable bonds is 5. The molecule has 1 amide bonds. The number of nitrogens with two attached hydrogens (primary N) is 1. The second kappa shape index (κ2) is 7.14. The molecule has 1 aromatic carbocycles. The maximum atomic E-state index is 11.5. The molecule has 1 aromatic rings. The molecule has 112 valence electrons. The Hall–Kier alpha value is -1.75. The molecule has 5 nitrogen and oxygen atoms in total. The zero-order valence-corrected chi connectivity index (χ0v) is 12.6. The predicted octanol–water partition coefficient (Wildman–Crippen LogP) is 2.09. The van der Waals surface area contributed by atoms with Crippen molar-refractivity contribution < 1.29 is 14.3 Å². The van der Waals surface area contributed by atoms with Gasteiger partial charge in [-0.25, -0.2) is 4.79 Å². The highest BCUT2D eigenvalue weighted by Gasteiger charge is 2.16. The Morgan fingerprint density at radius 1 is 1.40 bits per heavy atom. The number of alkyl carbamates (subject to hydrolysis) is 1. The van der Waals surface area contributed by atoms with Crippen LogP contribution >= 0.6 is 0 Å². The first-order valence-corrected chi connectivity index (χ1v) is 6.65. The monoisotopic (exact) mass is 280 g/mol. The van der Waals surface area contributed by atoms with Crippen LogP contribution < -0.4 is 15.8 Å². The van der Waals surface area contributed by atoms with E-state index in [0.29, 0.717) is 13.0 Å². The Morgan fingerprint density at radius 2 is 2.10 bits per heavy atom. The Morgan fingerprint density at radius 3 is 2.70 bits per heavy atom. The first-order valence-electron chi connectivity index (χ1n) is 6.65. The van der Waals surface area contributed by atoms with Crippen LogP contribution in [0.5, 0.6) is 5.75 Å². The van der Waals surface area contributed by atoms with Crippen LogP contribution in [0.15, 0.2) is 24.3 Å². The van der Waals surface area contributed by atoms with Gasteiger partial charge in [-0.3, -0.25) is 0 Å². The van der Waals surface area contributed by atoms with Gasteiger partial charge in [0.2, 0.25) is 0 Å². The normalized spacial score (nSPS) is 12.7. The van der Waals surface area contributed by atoms with Crippen molar-refractivity contribution in [3.8, 4) is 5.75 Å². The third-order valence-electron chi connectivity index (χ3n) is 2.54. The van der Waals surface area contributed by atoms with Crippen LogP contribution in [0.4, 0.5) is 4.79 Å². The van der Waals surface area contributed by atoms with Gasteiger partial charge in [-0.05, 0) is 44.9 Å². The summed E-state index contributed by atoms with van der Waals surface area (Å²) >= 11 is 0. The maximum absolute atomic E-state index is 11.5. The molecule has 0 aliphatic rings. The van der Waals surface area contributed by atoms with Gasteiger partial charge in [-0.1, -0.05) is 12.1 Å². The average Bonchev–Trinajstić information content (AvgIpc) is 2.34. The summed E-state index contributed by atoms with van der Waals surface area (Å²) in [5, 5.41) is 2.67. The fourth-order valence-corrected chi connectivity index (χ4v) is 1.70. The van der Waals surface area contributed by atoms with Crippen LogP contribution in [-0.4, -0.2) is 31.4 Å². The molecule has 5 heteroatoms. The molecule has 0 saturated heterocycles. The molecule has 0 aliphatic heterocycles. The molecule has 0 fully saturated rings. The molecule has 20 heavy (non-hydrogen) atoms. The standard InChI is InChI=1S/C15H24N2O3/c1-15(2,3)20-14(18)17-10-12(16)8-11-6-5-7-13(9-11)19-4/h5-7,9,12H,8,10,16H2,1-4H3,(H,17,18). The first kappa shape index (κ1) is 16.3. The van der Waals surface area contributed by atoms with E-state index in [1.807, 2.05) is 45.0 Å². The number of ether oxygens (including phenoxy) is 2. The lowest BCUT2D eigenvalue weighted by Gasteiger charge is -2.20. The van der Waals surface area contributed by atoms with Crippen molar-refractivity contribution in [2.45, 2.75) is 38.8 Å². The van der Waals surface area contributed by atoms with Gasteiger partial charge < -0.3 is 20.5 Å².